The Hall–Kier alpha value is -1.29. The third kappa shape index (κ3) is 7.08. The molecule has 0 fully saturated rings. The van der Waals surface area contributed by atoms with E-state index in [1.165, 1.54) is 0 Å². The summed E-state index contributed by atoms with van der Waals surface area (Å²) >= 11 is 0. The van der Waals surface area contributed by atoms with Crippen LogP contribution in [0.1, 0.15) is 27.7 Å². The van der Waals surface area contributed by atoms with Crippen LogP contribution < -0.4 is 0 Å². The van der Waals surface area contributed by atoms with Crippen molar-refractivity contribution in [3.63, 3.8) is 0 Å². The topological polar surface area (TPSA) is 23.8 Å². The molecule has 0 aromatic carbocycles. The average molecular weight is 177 g/mol. The van der Waals surface area contributed by atoms with Gasteiger partial charge in [-0.1, -0.05) is 44.7 Å². The third-order valence-corrected chi connectivity index (χ3v) is 1.45. The van der Waals surface area contributed by atoms with Gasteiger partial charge in [0, 0.05) is 0 Å². The maximum atomic E-state index is 8.59. The molecule has 0 aliphatic carbocycles. The third-order valence-electron chi connectivity index (χ3n) is 1.45. The van der Waals surface area contributed by atoms with Crippen LogP contribution in [-0.4, -0.2) is 0 Å². The van der Waals surface area contributed by atoms with Crippen LogP contribution in [0.2, 0.25) is 0 Å². The number of hydrogen-bond acceptors (Lipinski definition) is 1. The lowest BCUT2D eigenvalue weighted by Crippen LogP contribution is -1.91. The van der Waals surface area contributed by atoms with Crippen molar-refractivity contribution in [1.82, 2.24) is 0 Å². The summed E-state index contributed by atoms with van der Waals surface area (Å²) in [7, 11) is 0. The summed E-state index contributed by atoms with van der Waals surface area (Å²) in [5.74, 6) is -0.0313. The largest absolute Gasteiger partial charge is 0.198 e. The molecule has 0 aromatic rings. The van der Waals surface area contributed by atoms with Crippen molar-refractivity contribution in [2.45, 2.75) is 27.7 Å². The van der Waals surface area contributed by atoms with Gasteiger partial charge in [-0.25, -0.2) is 0 Å². The lowest BCUT2D eigenvalue weighted by atomic mass is 10.0. The quantitative estimate of drug-likeness (QED) is 0.600. The number of nitriles is 1. The van der Waals surface area contributed by atoms with Crippen LogP contribution in [0.4, 0.5) is 0 Å². The Bertz CT molecular complexity index is 216. The standard InChI is InChI=1S/C10H13N.C2H6/c1-4-6-7-10(5-2)9(3)8-11;1-2/h4-7,9H,1H2,2-3H3;1-2H3/b7-6-,10-5+;. The highest BCUT2D eigenvalue weighted by atomic mass is 14.3. The minimum Gasteiger partial charge on any atom is -0.198 e. The highest BCUT2D eigenvalue weighted by molar-refractivity contribution is 5.26. The maximum Gasteiger partial charge on any atom is 0.0700 e. The molecule has 1 heteroatoms. The molecule has 0 radical (unpaired) electrons. The summed E-state index contributed by atoms with van der Waals surface area (Å²) in [6, 6.07) is 2.17. The first-order valence-electron chi connectivity index (χ1n) is 4.61. The molecule has 0 aromatic heterocycles. The van der Waals surface area contributed by atoms with Crippen LogP contribution in [-0.2, 0) is 0 Å². The fraction of sp³-hybridized carbons (Fsp3) is 0.417. The van der Waals surface area contributed by atoms with E-state index in [-0.39, 0.29) is 5.92 Å². The van der Waals surface area contributed by atoms with Crippen LogP contribution in [0.15, 0.2) is 36.5 Å². The van der Waals surface area contributed by atoms with Crippen molar-refractivity contribution >= 4 is 0 Å². The first-order valence-corrected chi connectivity index (χ1v) is 4.61. The molecule has 1 atom stereocenters. The summed E-state index contributed by atoms with van der Waals surface area (Å²) < 4.78 is 0. The molecule has 0 amide bonds. The van der Waals surface area contributed by atoms with Gasteiger partial charge in [-0.2, -0.15) is 5.26 Å². The van der Waals surface area contributed by atoms with Crippen molar-refractivity contribution in [2.75, 3.05) is 0 Å². The van der Waals surface area contributed by atoms with E-state index in [0.29, 0.717) is 0 Å². The smallest absolute Gasteiger partial charge is 0.0700 e. The highest BCUT2D eigenvalue weighted by Crippen LogP contribution is 2.10. The van der Waals surface area contributed by atoms with Gasteiger partial charge >= 0.3 is 0 Å². The molecule has 0 saturated carbocycles. The van der Waals surface area contributed by atoms with Crippen LogP contribution in [0, 0.1) is 17.2 Å². The Morgan fingerprint density at radius 3 is 2.31 bits per heavy atom. The van der Waals surface area contributed by atoms with Crippen molar-refractivity contribution in [3.8, 4) is 6.07 Å². The molecule has 0 spiro atoms. The molecule has 1 unspecified atom stereocenters. The Morgan fingerprint density at radius 2 is 2.00 bits per heavy atom. The summed E-state index contributed by atoms with van der Waals surface area (Å²) in [4.78, 5) is 0. The molecule has 0 heterocycles. The van der Waals surface area contributed by atoms with E-state index in [9.17, 15) is 0 Å². The van der Waals surface area contributed by atoms with Gasteiger partial charge in [0.05, 0.1) is 12.0 Å². The van der Waals surface area contributed by atoms with Crippen LogP contribution >= 0.6 is 0 Å². The van der Waals surface area contributed by atoms with E-state index in [4.69, 9.17) is 5.26 Å². The molecule has 13 heavy (non-hydrogen) atoms. The average Bonchev–Trinajstić information content (AvgIpc) is 2.21. The van der Waals surface area contributed by atoms with E-state index in [1.54, 1.807) is 6.08 Å². The van der Waals surface area contributed by atoms with Crippen molar-refractivity contribution < 1.29 is 0 Å². The van der Waals surface area contributed by atoms with E-state index < -0.39 is 0 Å². The zero-order chi connectivity index (χ0) is 10.7. The van der Waals surface area contributed by atoms with E-state index >= 15 is 0 Å². The summed E-state index contributed by atoms with van der Waals surface area (Å²) in [6.07, 6.45) is 7.38. The second-order valence-electron chi connectivity index (χ2n) is 2.23. The fourth-order valence-electron chi connectivity index (χ4n) is 0.744. The Morgan fingerprint density at radius 1 is 1.46 bits per heavy atom. The normalized spacial score (nSPS) is 12.7. The molecule has 0 bridgehead atoms. The molecular formula is C12H19N. The molecule has 0 aliphatic heterocycles. The van der Waals surface area contributed by atoms with Gasteiger partial charge in [-0.05, 0) is 19.4 Å². The lowest BCUT2D eigenvalue weighted by molar-refractivity contribution is 0.905. The Kier molecular flexibility index (Phi) is 11.7. The van der Waals surface area contributed by atoms with Crippen LogP contribution in [0.25, 0.3) is 0 Å². The van der Waals surface area contributed by atoms with E-state index in [0.717, 1.165) is 5.57 Å². The van der Waals surface area contributed by atoms with Gasteiger partial charge in [0.1, 0.15) is 0 Å². The molecular weight excluding hydrogens is 158 g/mol. The lowest BCUT2D eigenvalue weighted by Gasteiger charge is -2.00. The Balaban J connectivity index is 0. The molecule has 0 rings (SSSR count). The van der Waals surface area contributed by atoms with Gasteiger partial charge in [0.2, 0.25) is 0 Å². The van der Waals surface area contributed by atoms with Crippen molar-refractivity contribution in [1.29, 1.82) is 5.26 Å². The minimum absolute atomic E-state index is 0.0313. The maximum absolute atomic E-state index is 8.59. The van der Waals surface area contributed by atoms with Crippen LogP contribution in [0.5, 0.6) is 0 Å². The number of rotatable bonds is 3. The first-order chi connectivity index (χ1) is 6.26. The summed E-state index contributed by atoms with van der Waals surface area (Å²) in [6.45, 7) is 11.4. The molecule has 0 N–H and O–H groups in total. The van der Waals surface area contributed by atoms with Gasteiger partial charge in [-0.3, -0.25) is 0 Å². The highest BCUT2D eigenvalue weighted by Gasteiger charge is 2.00. The van der Waals surface area contributed by atoms with Gasteiger partial charge in [0.25, 0.3) is 0 Å². The predicted molar refractivity (Wildman–Crippen MR) is 59.2 cm³/mol. The first kappa shape index (κ1) is 14.2. The second-order valence-corrected chi connectivity index (χ2v) is 2.23. The monoisotopic (exact) mass is 177 g/mol. The molecule has 72 valence electrons. The summed E-state index contributed by atoms with van der Waals surface area (Å²) in [5.41, 5.74) is 1.03. The number of allylic oxidation sites excluding steroid dienone is 5. The zero-order valence-corrected chi connectivity index (χ0v) is 9.04. The molecule has 0 aliphatic rings. The van der Waals surface area contributed by atoms with E-state index in [1.807, 2.05) is 45.9 Å². The van der Waals surface area contributed by atoms with Gasteiger partial charge in [-0.15, -0.1) is 0 Å². The Labute approximate surface area is 82.1 Å². The second kappa shape index (κ2) is 10.7. The molecule has 0 saturated heterocycles. The SMILES string of the molecule is C=C/C=C\C(=C/C)C(C)C#N.CC. The number of hydrogen-bond donors (Lipinski definition) is 0. The van der Waals surface area contributed by atoms with Gasteiger partial charge in [0.15, 0.2) is 0 Å². The number of nitrogens with zero attached hydrogens (tertiary/aromatic N) is 1. The minimum atomic E-state index is -0.0313. The molecule has 1 nitrogen and oxygen atoms in total. The van der Waals surface area contributed by atoms with Crippen molar-refractivity contribution in [3.05, 3.63) is 36.5 Å². The zero-order valence-electron chi connectivity index (χ0n) is 9.04. The van der Waals surface area contributed by atoms with Crippen LogP contribution in [0.3, 0.4) is 0 Å². The van der Waals surface area contributed by atoms with Gasteiger partial charge < -0.3 is 0 Å². The van der Waals surface area contributed by atoms with E-state index in [2.05, 4.69) is 12.6 Å². The van der Waals surface area contributed by atoms with Crippen molar-refractivity contribution in [2.24, 2.45) is 5.92 Å². The fourth-order valence-corrected chi connectivity index (χ4v) is 0.744. The summed E-state index contributed by atoms with van der Waals surface area (Å²) in [5, 5.41) is 8.59. The predicted octanol–water partition coefficient (Wildman–Crippen LogP) is 3.86.